The van der Waals surface area contributed by atoms with Gasteiger partial charge in [0.15, 0.2) is 0 Å². The van der Waals surface area contributed by atoms with Gasteiger partial charge in [-0.15, -0.1) is 0 Å². The van der Waals surface area contributed by atoms with Gasteiger partial charge in [-0.1, -0.05) is 19.8 Å². The normalized spacial score (nSPS) is 30.5. The number of unbranched alkanes of at least 4 members (excludes halogenated alkanes) is 1. The van der Waals surface area contributed by atoms with Gasteiger partial charge in [-0.2, -0.15) is 0 Å². The first kappa shape index (κ1) is 10.0. The number of rotatable bonds is 4. The fourth-order valence-corrected chi connectivity index (χ4v) is 2.07. The van der Waals surface area contributed by atoms with Crippen LogP contribution in [0.15, 0.2) is 0 Å². The molecule has 1 aliphatic rings. The van der Waals surface area contributed by atoms with Gasteiger partial charge in [-0.25, -0.2) is 0 Å². The third kappa shape index (κ3) is 2.76. The van der Waals surface area contributed by atoms with Gasteiger partial charge in [-0.05, 0) is 38.9 Å². The lowest BCUT2D eigenvalue weighted by Gasteiger charge is -2.31. The molecule has 12 heavy (non-hydrogen) atoms. The highest BCUT2D eigenvalue weighted by Crippen LogP contribution is 2.17. The SMILES string of the molecule is CCCCC1CNCCC1NC. The van der Waals surface area contributed by atoms with Crippen LogP contribution in [0.1, 0.15) is 32.6 Å². The molecule has 1 rings (SSSR count). The topological polar surface area (TPSA) is 24.1 Å². The van der Waals surface area contributed by atoms with Crippen molar-refractivity contribution in [2.24, 2.45) is 5.92 Å². The standard InChI is InChI=1S/C10H22N2/c1-3-4-5-9-8-12-7-6-10(9)11-2/h9-12H,3-8H2,1-2H3. The molecule has 72 valence electrons. The second-order valence-corrected chi connectivity index (χ2v) is 3.79. The Morgan fingerprint density at radius 1 is 1.50 bits per heavy atom. The van der Waals surface area contributed by atoms with Crippen molar-refractivity contribution in [3.8, 4) is 0 Å². The van der Waals surface area contributed by atoms with E-state index in [1.807, 2.05) is 0 Å². The van der Waals surface area contributed by atoms with E-state index in [1.165, 1.54) is 38.8 Å². The van der Waals surface area contributed by atoms with Crippen molar-refractivity contribution in [2.45, 2.75) is 38.6 Å². The second-order valence-electron chi connectivity index (χ2n) is 3.79. The summed E-state index contributed by atoms with van der Waals surface area (Å²) in [6.45, 7) is 4.67. The van der Waals surface area contributed by atoms with Crippen molar-refractivity contribution in [2.75, 3.05) is 20.1 Å². The summed E-state index contributed by atoms with van der Waals surface area (Å²) in [7, 11) is 2.09. The van der Waals surface area contributed by atoms with Crippen molar-refractivity contribution in [3.05, 3.63) is 0 Å². The van der Waals surface area contributed by atoms with E-state index in [-0.39, 0.29) is 0 Å². The Balaban J connectivity index is 2.26. The van der Waals surface area contributed by atoms with E-state index in [2.05, 4.69) is 24.6 Å². The highest BCUT2D eigenvalue weighted by molar-refractivity contribution is 4.81. The summed E-state index contributed by atoms with van der Waals surface area (Å²) < 4.78 is 0. The molecule has 0 aromatic heterocycles. The number of piperidine rings is 1. The molecule has 2 nitrogen and oxygen atoms in total. The van der Waals surface area contributed by atoms with Crippen LogP contribution in [0.2, 0.25) is 0 Å². The zero-order chi connectivity index (χ0) is 8.81. The Morgan fingerprint density at radius 2 is 2.33 bits per heavy atom. The molecule has 1 heterocycles. The van der Waals surface area contributed by atoms with Crippen LogP contribution in [0.3, 0.4) is 0 Å². The molecule has 2 heteroatoms. The van der Waals surface area contributed by atoms with Gasteiger partial charge >= 0.3 is 0 Å². The zero-order valence-corrected chi connectivity index (χ0v) is 8.40. The molecule has 1 saturated heterocycles. The summed E-state index contributed by atoms with van der Waals surface area (Å²) >= 11 is 0. The number of nitrogens with one attached hydrogen (secondary N) is 2. The second kappa shape index (κ2) is 5.55. The predicted molar refractivity (Wildman–Crippen MR) is 53.3 cm³/mol. The van der Waals surface area contributed by atoms with E-state index < -0.39 is 0 Å². The lowest BCUT2D eigenvalue weighted by molar-refractivity contribution is 0.272. The molecular weight excluding hydrogens is 148 g/mol. The summed E-state index contributed by atoms with van der Waals surface area (Å²) in [6.07, 6.45) is 5.39. The Morgan fingerprint density at radius 3 is 3.00 bits per heavy atom. The van der Waals surface area contributed by atoms with Gasteiger partial charge in [0.25, 0.3) is 0 Å². The van der Waals surface area contributed by atoms with Crippen LogP contribution >= 0.6 is 0 Å². The zero-order valence-electron chi connectivity index (χ0n) is 8.40. The van der Waals surface area contributed by atoms with Crippen LogP contribution < -0.4 is 10.6 Å². The van der Waals surface area contributed by atoms with Crippen LogP contribution in [0, 0.1) is 5.92 Å². The van der Waals surface area contributed by atoms with Crippen molar-refractivity contribution in [3.63, 3.8) is 0 Å². The number of hydrogen-bond acceptors (Lipinski definition) is 2. The Kier molecular flexibility index (Phi) is 4.62. The first-order valence-electron chi connectivity index (χ1n) is 5.26. The van der Waals surface area contributed by atoms with Crippen molar-refractivity contribution < 1.29 is 0 Å². The smallest absolute Gasteiger partial charge is 0.0116 e. The summed E-state index contributed by atoms with van der Waals surface area (Å²) in [5, 5.41) is 6.89. The lowest BCUT2D eigenvalue weighted by Crippen LogP contribution is -2.46. The highest BCUT2D eigenvalue weighted by Gasteiger charge is 2.22. The summed E-state index contributed by atoms with van der Waals surface area (Å²) in [5.74, 6) is 0.865. The first-order chi connectivity index (χ1) is 5.88. The van der Waals surface area contributed by atoms with E-state index in [9.17, 15) is 0 Å². The molecule has 0 radical (unpaired) electrons. The molecule has 0 aromatic rings. The van der Waals surface area contributed by atoms with E-state index in [4.69, 9.17) is 0 Å². The molecule has 0 amide bonds. The van der Waals surface area contributed by atoms with E-state index in [0.717, 1.165) is 12.0 Å². The van der Waals surface area contributed by atoms with Crippen LogP contribution in [-0.4, -0.2) is 26.2 Å². The Labute approximate surface area is 76.1 Å². The molecule has 0 bridgehead atoms. The maximum atomic E-state index is 3.47. The van der Waals surface area contributed by atoms with Gasteiger partial charge in [0.2, 0.25) is 0 Å². The average Bonchev–Trinajstić information content (AvgIpc) is 2.15. The summed E-state index contributed by atoms with van der Waals surface area (Å²) in [6, 6.07) is 0.762. The molecule has 0 aliphatic carbocycles. The Bertz CT molecular complexity index is 114. The fourth-order valence-electron chi connectivity index (χ4n) is 2.07. The summed E-state index contributed by atoms with van der Waals surface area (Å²) in [5.41, 5.74) is 0. The van der Waals surface area contributed by atoms with Crippen LogP contribution in [0.4, 0.5) is 0 Å². The largest absolute Gasteiger partial charge is 0.317 e. The molecule has 2 atom stereocenters. The lowest BCUT2D eigenvalue weighted by atomic mass is 9.89. The Hall–Kier alpha value is -0.0800. The van der Waals surface area contributed by atoms with E-state index in [0.29, 0.717) is 0 Å². The van der Waals surface area contributed by atoms with Crippen LogP contribution in [0.5, 0.6) is 0 Å². The average molecular weight is 170 g/mol. The minimum atomic E-state index is 0.762. The fraction of sp³-hybridized carbons (Fsp3) is 1.00. The molecule has 1 aliphatic heterocycles. The van der Waals surface area contributed by atoms with Gasteiger partial charge in [-0.3, -0.25) is 0 Å². The predicted octanol–water partition coefficient (Wildman–Crippen LogP) is 1.37. The van der Waals surface area contributed by atoms with Crippen molar-refractivity contribution in [1.82, 2.24) is 10.6 Å². The third-order valence-corrected chi connectivity index (χ3v) is 2.91. The molecule has 0 saturated carbocycles. The summed E-state index contributed by atoms with van der Waals surface area (Å²) in [4.78, 5) is 0. The molecule has 2 unspecified atom stereocenters. The monoisotopic (exact) mass is 170 g/mol. The third-order valence-electron chi connectivity index (χ3n) is 2.91. The van der Waals surface area contributed by atoms with Crippen molar-refractivity contribution in [1.29, 1.82) is 0 Å². The maximum Gasteiger partial charge on any atom is 0.0116 e. The molecule has 2 N–H and O–H groups in total. The van der Waals surface area contributed by atoms with Crippen LogP contribution in [0.25, 0.3) is 0 Å². The maximum absolute atomic E-state index is 3.47. The first-order valence-corrected chi connectivity index (χ1v) is 5.26. The number of hydrogen-bond donors (Lipinski definition) is 2. The van der Waals surface area contributed by atoms with Gasteiger partial charge < -0.3 is 10.6 Å². The molecule has 0 spiro atoms. The van der Waals surface area contributed by atoms with Crippen molar-refractivity contribution >= 4 is 0 Å². The van der Waals surface area contributed by atoms with Gasteiger partial charge in [0, 0.05) is 6.04 Å². The molecule has 0 aromatic carbocycles. The molecule has 1 fully saturated rings. The van der Waals surface area contributed by atoms with Gasteiger partial charge in [0.1, 0.15) is 0 Å². The highest BCUT2D eigenvalue weighted by atomic mass is 15.0. The van der Waals surface area contributed by atoms with E-state index in [1.54, 1.807) is 0 Å². The minimum Gasteiger partial charge on any atom is -0.317 e. The van der Waals surface area contributed by atoms with Gasteiger partial charge in [0.05, 0.1) is 0 Å². The molecular formula is C10H22N2. The van der Waals surface area contributed by atoms with E-state index >= 15 is 0 Å². The quantitative estimate of drug-likeness (QED) is 0.666. The minimum absolute atomic E-state index is 0.762. The van der Waals surface area contributed by atoms with Crippen LogP contribution in [-0.2, 0) is 0 Å².